The van der Waals surface area contributed by atoms with Crippen LogP contribution in [-0.2, 0) is 6.42 Å². The second-order valence-electron chi connectivity index (χ2n) is 5.98. The van der Waals surface area contributed by atoms with Crippen molar-refractivity contribution >= 4 is 5.82 Å². The van der Waals surface area contributed by atoms with E-state index in [4.69, 9.17) is 4.74 Å². The molecule has 0 aliphatic carbocycles. The Morgan fingerprint density at radius 3 is 2.69 bits per heavy atom. The molecule has 3 aromatic heterocycles. The van der Waals surface area contributed by atoms with Gasteiger partial charge >= 0.3 is 0 Å². The maximum atomic E-state index is 13.8. The lowest BCUT2D eigenvalue weighted by molar-refractivity contribution is 0.408. The minimum absolute atomic E-state index is 0.0384. The van der Waals surface area contributed by atoms with Gasteiger partial charge in [-0.15, -0.1) is 0 Å². The van der Waals surface area contributed by atoms with Gasteiger partial charge in [0.1, 0.15) is 11.6 Å². The van der Waals surface area contributed by atoms with Crippen molar-refractivity contribution in [2.45, 2.75) is 19.4 Å². The van der Waals surface area contributed by atoms with Crippen LogP contribution >= 0.6 is 0 Å². The van der Waals surface area contributed by atoms with Gasteiger partial charge in [-0.25, -0.2) is 24.9 Å². The Labute approximate surface area is 150 Å². The van der Waals surface area contributed by atoms with Gasteiger partial charge in [-0.1, -0.05) is 0 Å². The maximum Gasteiger partial charge on any atom is 0.218 e. The summed E-state index contributed by atoms with van der Waals surface area (Å²) in [6, 6.07) is 4.71. The number of aromatic nitrogens is 5. The molecule has 1 aliphatic rings. The van der Waals surface area contributed by atoms with Gasteiger partial charge in [-0.3, -0.25) is 0 Å². The van der Waals surface area contributed by atoms with Crippen LogP contribution in [0.15, 0.2) is 36.8 Å². The van der Waals surface area contributed by atoms with Crippen LogP contribution in [0.25, 0.3) is 11.6 Å². The molecular weight excluding hydrogens is 335 g/mol. The minimum Gasteiger partial charge on any atom is -0.496 e. The Balaban J connectivity index is 1.67. The molecule has 26 heavy (non-hydrogen) atoms. The molecule has 8 heteroatoms. The van der Waals surface area contributed by atoms with Gasteiger partial charge in [0.15, 0.2) is 11.6 Å². The minimum atomic E-state index is -0.565. The summed E-state index contributed by atoms with van der Waals surface area (Å²) < 4.78 is 18.9. The number of hydrogen-bond donors (Lipinski definition) is 0. The number of pyridine rings is 1. The lowest BCUT2D eigenvalue weighted by Crippen LogP contribution is -2.35. The number of nitrogens with zero attached hydrogens (tertiary/aromatic N) is 6. The molecule has 132 valence electrons. The van der Waals surface area contributed by atoms with Gasteiger partial charge in [0.05, 0.1) is 18.8 Å². The fourth-order valence-corrected chi connectivity index (χ4v) is 3.12. The van der Waals surface area contributed by atoms with Crippen molar-refractivity contribution in [2.24, 2.45) is 0 Å². The summed E-state index contributed by atoms with van der Waals surface area (Å²) in [7, 11) is 1.51. The molecule has 0 amide bonds. The molecule has 0 unspecified atom stereocenters. The monoisotopic (exact) mass is 352 g/mol. The topological polar surface area (TPSA) is 76.9 Å². The van der Waals surface area contributed by atoms with Gasteiger partial charge < -0.3 is 9.64 Å². The molecule has 4 heterocycles. The molecule has 0 radical (unpaired) electrons. The summed E-state index contributed by atoms with van der Waals surface area (Å²) in [5.74, 6) is 1.43. The van der Waals surface area contributed by atoms with Crippen molar-refractivity contribution in [1.29, 1.82) is 0 Å². The molecular formula is C18H17FN6O. The van der Waals surface area contributed by atoms with E-state index in [9.17, 15) is 4.39 Å². The zero-order valence-corrected chi connectivity index (χ0v) is 14.4. The molecule has 0 fully saturated rings. The molecule has 0 saturated carbocycles. The average Bonchev–Trinajstić information content (AvgIpc) is 2.68. The molecule has 7 nitrogen and oxygen atoms in total. The van der Waals surface area contributed by atoms with Gasteiger partial charge in [0.25, 0.3) is 0 Å². The highest BCUT2D eigenvalue weighted by atomic mass is 19.1. The maximum absolute atomic E-state index is 13.8. The molecule has 1 aliphatic heterocycles. The first-order chi connectivity index (χ1) is 12.7. The van der Waals surface area contributed by atoms with E-state index in [0.29, 0.717) is 36.2 Å². The number of rotatable bonds is 3. The predicted molar refractivity (Wildman–Crippen MR) is 93.3 cm³/mol. The van der Waals surface area contributed by atoms with Crippen molar-refractivity contribution in [2.75, 3.05) is 18.6 Å². The molecule has 0 saturated heterocycles. The van der Waals surface area contributed by atoms with Crippen molar-refractivity contribution < 1.29 is 9.13 Å². The molecule has 0 aromatic carbocycles. The zero-order chi connectivity index (χ0) is 18.1. The van der Waals surface area contributed by atoms with E-state index < -0.39 is 5.95 Å². The highest BCUT2D eigenvalue weighted by Gasteiger charge is 2.27. The lowest BCUT2D eigenvalue weighted by Gasteiger charge is -2.35. The number of methoxy groups -OCH3 is 1. The largest absolute Gasteiger partial charge is 0.496 e. The SMILES string of the molecule is COc1cc(F)nc(N2CCc3nc(-c4ncccn4)ncc3[C@@H]2C)c1. The molecule has 0 bridgehead atoms. The Hall–Kier alpha value is -3.16. The van der Waals surface area contributed by atoms with Gasteiger partial charge in [0.2, 0.25) is 5.95 Å². The first-order valence-corrected chi connectivity index (χ1v) is 8.27. The number of hydrogen-bond acceptors (Lipinski definition) is 7. The Morgan fingerprint density at radius 1 is 1.12 bits per heavy atom. The fourth-order valence-electron chi connectivity index (χ4n) is 3.12. The van der Waals surface area contributed by atoms with Gasteiger partial charge in [-0.05, 0) is 13.0 Å². The molecule has 0 spiro atoms. The van der Waals surface area contributed by atoms with Crippen LogP contribution in [0.3, 0.4) is 0 Å². The average molecular weight is 352 g/mol. The standard InChI is InChI=1S/C18H17FN6O/c1-11-13-10-22-18(17-20-5-3-6-21-17)23-14(13)4-7-25(11)16-9-12(26-2)8-15(19)24-16/h3,5-6,8-11H,4,7H2,1-2H3/t11-/m0/s1. The van der Waals surface area contributed by atoms with Crippen LogP contribution < -0.4 is 9.64 Å². The van der Waals surface area contributed by atoms with E-state index in [0.717, 1.165) is 11.3 Å². The molecule has 4 rings (SSSR count). The normalized spacial score (nSPS) is 16.3. The molecule has 3 aromatic rings. The van der Waals surface area contributed by atoms with Crippen LogP contribution in [-0.4, -0.2) is 38.6 Å². The highest BCUT2D eigenvalue weighted by molar-refractivity contribution is 5.50. The second kappa shape index (κ2) is 6.62. The highest BCUT2D eigenvalue weighted by Crippen LogP contribution is 2.33. The molecule has 0 N–H and O–H groups in total. The number of fused-ring (bicyclic) bond motifs is 1. The van der Waals surface area contributed by atoms with E-state index >= 15 is 0 Å². The van der Waals surface area contributed by atoms with Crippen molar-refractivity contribution in [3.05, 3.63) is 54.0 Å². The van der Waals surface area contributed by atoms with Crippen LogP contribution in [0.1, 0.15) is 24.2 Å². The Morgan fingerprint density at radius 2 is 1.92 bits per heavy atom. The van der Waals surface area contributed by atoms with E-state index in [1.165, 1.54) is 13.2 Å². The Bertz CT molecular complexity index is 936. The summed E-state index contributed by atoms with van der Waals surface area (Å²) in [6.07, 6.45) is 5.82. The number of ether oxygens (including phenoxy) is 1. The third-order valence-electron chi connectivity index (χ3n) is 4.46. The molecule has 1 atom stereocenters. The zero-order valence-electron chi connectivity index (χ0n) is 14.4. The predicted octanol–water partition coefficient (Wildman–Crippen LogP) is 2.60. The van der Waals surface area contributed by atoms with E-state index in [-0.39, 0.29) is 6.04 Å². The van der Waals surface area contributed by atoms with Crippen LogP contribution in [0.2, 0.25) is 0 Å². The fraction of sp³-hybridized carbons (Fsp3) is 0.278. The lowest BCUT2D eigenvalue weighted by atomic mass is 9.99. The summed E-state index contributed by atoms with van der Waals surface area (Å²) in [5, 5.41) is 0. The first kappa shape index (κ1) is 16.3. The summed E-state index contributed by atoms with van der Waals surface area (Å²) in [5.41, 5.74) is 1.94. The Kier molecular flexibility index (Phi) is 4.16. The van der Waals surface area contributed by atoms with E-state index in [1.807, 2.05) is 11.8 Å². The number of anilines is 1. The van der Waals surface area contributed by atoms with Crippen LogP contribution in [0, 0.1) is 5.95 Å². The first-order valence-electron chi connectivity index (χ1n) is 8.27. The second-order valence-corrected chi connectivity index (χ2v) is 5.98. The van der Waals surface area contributed by atoms with E-state index in [2.05, 4.69) is 24.9 Å². The summed E-state index contributed by atoms with van der Waals surface area (Å²) >= 11 is 0. The van der Waals surface area contributed by atoms with Crippen LogP contribution in [0.4, 0.5) is 10.2 Å². The third kappa shape index (κ3) is 2.94. The number of halogens is 1. The van der Waals surface area contributed by atoms with Gasteiger partial charge in [-0.2, -0.15) is 4.39 Å². The van der Waals surface area contributed by atoms with Crippen LogP contribution in [0.5, 0.6) is 5.75 Å². The van der Waals surface area contributed by atoms with Crippen molar-refractivity contribution in [3.8, 4) is 17.4 Å². The smallest absolute Gasteiger partial charge is 0.218 e. The third-order valence-corrected chi connectivity index (χ3v) is 4.46. The van der Waals surface area contributed by atoms with Crippen molar-refractivity contribution in [1.82, 2.24) is 24.9 Å². The quantitative estimate of drug-likeness (QED) is 0.671. The van der Waals surface area contributed by atoms with Crippen molar-refractivity contribution in [3.63, 3.8) is 0 Å². The van der Waals surface area contributed by atoms with E-state index in [1.54, 1.807) is 30.7 Å². The summed E-state index contributed by atoms with van der Waals surface area (Å²) in [4.78, 5) is 23.5. The summed E-state index contributed by atoms with van der Waals surface area (Å²) in [6.45, 7) is 2.69. The van der Waals surface area contributed by atoms with Gasteiger partial charge in [0, 0.05) is 49.3 Å².